The normalized spacial score (nSPS) is 15.6. The summed E-state index contributed by atoms with van der Waals surface area (Å²) < 4.78 is 0. The Labute approximate surface area is 351 Å². The van der Waals surface area contributed by atoms with E-state index in [2.05, 4.69) is 140 Å². The van der Waals surface area contributed by atoms with Gasteiger partial charge in [-0.15, -0.1) is 0 Å². The molecular formula is C54H35N7. The molecule has 0 fully saturated rings. The first-order chi connectivity index (χ1) is 30.1. The zero-order chi connectivity index (χ0) is 40.4. The monoisotopic (exact) mass is 781 g/mol. The van der Waals surface area contributed by atoms with Gasteiger partial charge in [0.2, 0.25) is 0 Å². The van der Waals surface area contributed by atoms with Crippen molar-refractivity contribution in [2.45, 2.75) is 6.92 Å². The molecule has 0 saturated carbocycles. The highest BCUT2D eigenvalue weighted by molar-refractivity contribution is 6.10. The summed E-state index contributed by atoms with van der Waals surface area (Å²) in [6.07, 6.45) is 10.4. The molecule has 6 aromatic carbocycles. The second-order valence-corrected chi connectivity index (χ2v) is 15.7. The topological polar surface area (TPSA) is 89.7 Å². The first kappa shape index (κ1) is 35.0. The molecule has 0 saturated heterocycles. The molecule has 10 aromatic rings. The predicted octanol–water partition coefficient (Wildman–Crippen LogP) is 12.6. The highest BCUT2D eigenvalue weighted by Crippen LogP contribution is 2.39. The van der Waals surface area contributed by atoms with Crippen LogP contribution in [0.3, 0.4) is 0 Å². The summed E-state index contributed by atoms with van der Waals surface area (Å²) in [7, 11) is 0. The highest BCUT2D eigenvalue weighted by atomic mass is 15.0. The highest BCUT2D eigenvalue weighted by Gasteiger charge is 2.28. The molecule has 12 rings (SSSR count). The fourth-order valence-corrected chi connectivity index (χ4v) is 9.03. The van der Waals surface area contributed by atoms with E-state index in [-0.39, 0.29) is 5.92 Å². The van der Waals surface area contributed by atoms with E-state index in [1.165, 1.54) is 0 Å². The van der Waals surface area contributed by atoms with Crippen LogP contribution in [0.1, 0.15) is 18.2 Å². The number of hydrogen-bond donors (Lipinski definition) is 0. The Morgan fingerprint density at radius 1 is 0.443 bits per heavy atom. The Morgan fingerprint density at radius 2 is 1.03 bits per heavy atom. The lowest BCUT2D eigenvalue weighted by molar-refractivity contribution is 0.631. The quantitative estimate of drug-likeness (QED) is 0.162. The third-order valence-corrected chi connectivity index (χ3v) is 12.1. The van der Waals surface area contributed by atoms with Crippen LogP contribution >= 0.6 is 0 Å². The van der Waals surface area contributed by atoms with Crippen LogP contribution in [0.15, 0.2) is 181 Å². The SMILES string of the molecule is CC1C=CN=C2c3nc(-c4cccc5c(-c6nc(-c7ccccc7)nc(-c7cccc8c(-c9ccc%10ccc%11cccnc%11c%10n9)cccc78)n6)cccc45)ccc3C=CC21. The van der Waals surface area contributed by atoms with E-state index in [4.69, 9.17) is 34.9 Å². The zero-order valence-electron chi connectivity index (χ0n) is 33.1. The maximum Gasteiger partial charge on any atom is 0.164 e. The van der Waals surface area contributed by atoms with Gasteiger partial charge in [-0.25, -0.2) is 24.9 Å². The summed E-state index contributed by atoms with van der Waals surface area (Å²) in [4.78, 5) is 35.7. The van der Waals surface area contributed by atoms with Gasteiger partial charge in [-0.1, -0.05) is 159 Å². The molecule has 0 spiro atoms. The van der Waals surface area contributed by atoms with Crippen LogP contribution in [0, 0.1) is 11.8 Å². The Balaban J connectivity index is 1.01. The largest absolute Gasteiger partial charge is 0.259 e. The van der Waals surface area contributed by atoms with Gasteiger partial charge in [0.15, 0.2) is 17.5 Å². The van der Waals surface area contributed by atoms with Gasteiger partial charge < -0.3 is 0 Å². The lowest BCUT2D eigenvalue weighted by atomic mass is 9.81. The van der Waals surface area contributed by atoms with Gasteiger partial charge in [-0.05, 0) is 45.7 Å². The lowest BCUT2D eigenvalue weighted by Gasteiger charge is -2.27. The van der Waals surface area contributed by atoms with E-state index >= 15 is 0 Å². The molecule has 0 N–H and O–H groups in total. The molecule has 5 heterocycles. The van der Waals surface area contributed by atoms with E-state index < -0.39 is 0 Å². The van der Waals surface area contributed by atoms with E-state index in [0.717, 1.165) is 99.5 Å². The van der Waals surface area contributed by atoms with Gasteiger partial charge in [0.05, 0.1) is 33.8 Å². The molecule has 0 bridgehead atoms. The van der Waals surface area contributed by atoms with Gasteiger partial charge in [0, 0.05) is 62.5 Å². The van der Waals surface area contributed by atoms with E-state index in [1.807, 2.05) is 48.8 Å². The summed E-state index contributed by atoms with van der Waals surface area (Å²) in [6.45, 7) is 2.23. The average molecular weight is 782 g/mol. The summed E-state index contributed by atoms with van der Waals surface area (Å²) in [5.74, 6) is 2.38. The van der Waals surface area contributed by atoms with Gasteiger partial charge in [0.25, 0.3) is 0 Å². The number of allylic oxidation sites excluding steroid dienone is 2. The maximum atomic E-state index is 5.30. The lowest BCUT2D eigenvalue weighted by Crippen LogP contribution is -2.26. The van der Waals surface area contributed by atoms with Crippen molar-refractivity contribution in [3.63, 3.8) is 0 Å². The molecule has 2 unspecified atom stereocenters. The average Bonchev–Trinajstić information content (AvgIpc) is 3.33. The third-order valence-electron chi connectivity index (χ3n) is 12.1. The van der Waals surface area contributed by atoms with Crippen LogP contribution in [-0.2, 0) is 0 Å². The molecule has 61 heavy (non-hydrogen) atoms. The van der Waals surface area contributed by atoms with Crippen LogP contribution in [0.5, 0.6) is 0 Å². The first-order valence-electron chi connectivity index (χ1n) is 20.6. The van der Waals surface area contributed by atoms with E-state index in [9.17, 15) is 0 Å². The Morgan fingerprint density at radius 3 is 1.74 bits per heavy atom. The molecule has 7 nitrogen and oxygen atoms in total. The molecule has 1 aliphatic heterocycles. The molecule has 1 aliphatic carbocycles. The summed E-state index contributed by atoms with van der Waals surface area (Å²) >= 11 is 0. The molecule has 2 atom stereocenters. The van der Waals surface area contributed by atoms with Crippen molar-refractivity contribution in [2.75, 3.05) is 0 Å². The van der Waals surface area contributed by atoms with Crippen LogP contribution in [-0.4, -0.2) is 35.6 Å². The number of nitrogens with zero attached hydrogens (tertiary/aromatic N) is 7. The van der Waals surface area contributed by atoms with Gasteiger partial charge in [-0.2, -0.15) is 0 Å². The van der Waals surface area contributed by atoms with Crippen LogP contribution in [0.2, 0.25) is 0 Å². The number of pyridine rings is 3. The Bertz CT molecular complexity index is 3520. The predicted molar refractivity (Wildman–Crippen MR) is 248 cm³/mol. The third kappa shape index (κ3) is 5.85. The van der Waals surface area contributed by atoms with Crippen molar-refractivity contribution in [3.05, 3.63) is 187 Å². The number of benzene rings is 6. The van der Waals surface area contributed by atoms with Crippen molar-refractivity contribution in [1.82, 2.24) is 29.9 Å². The minimum Gasteiger partial charge on any atom is -0.259 e. The molecule has 286 valence electrons. The van der Waals surface area contributed by atoms with Gasteiger partial charge >= 0.3 is 0 Å². The summed E-state index contributed by atoms with van der Waals surface area (Å²) in [5, 5.41) is 6.30. The Kier molecular flexibility index (Phi) is 8.06. The smallest absolute Gasteiger partial charge is 0.164 e. The number of hydrogen-bond acceptors (Lipinski definition) is 7. The second kappa shape index (κ2) is 14.1. The van der Waals surface area contributed by atoms with Crippen molar-refractivity contribution >= 4 is 55.1 Å². The van der Waals surface area contributed by atoms with Crippen molar-refractivity contribution < 1.29 is 0 Å². The number of aromatic nitrogens is 6. The molecule has 2 aliphatic rings. The fourth-order valence-electron chi connectivity index (χ4n) is 9.03. The van der Waals surface area contributed by atoms with Gasteiger partial charge in [0.1, 0.15) is 0 Å². The molecule has 7 heteroatoms. The second-order valence-electron chi connectivity index (χ2n) is 15.7. The molecule has 0 radical (unpaired) electrons. The van der Waals surface area contributed by atoms with E-state index in [0.29, 0.717) is 23.4 Å². The van der Waals surface area contributed by atoms with Crippen LogP contribution in [0.4, 0.5) is 0 Å². The minimum atomic E-state index is 0.221. The molecule has 4 aromatic heterocycles. The van der Waals surface area contributed by atoms with Crippen LogP contribution in [0.25, 0.3) is 106 Å². The number of aliphatic imine (C=N–C) groups is 1. The van der Waals surface area contributed by atoms with Crippen molar-refractivity contribution in [1.29, 1.82) is 0 Å². The zero-order valence-corrected chi connectivity index (χ0v) is 33.1. The number of fused-ring (bicyclic) bond motifs is 8. The molecular weight excluding hydrogens is 747 g/mol. The number of rotatable bonds is 5. The van der Waals surface area contributed by atoms with Crippen LogP contribution < -0.4 is 0 Å². The van der Waals surface area contributed by atoms with Crippen molar-refractivity contribution in [2.24, 2.45) is 16.8 Å². The van der Waals surface area contributed by atoms with E-state index in [1.54, 1.807) is 0 Å². The fraction of sp³-hybridized carbons (Fsp3) is 0.0556. The molecule has 0 amide bonds. The maximum absolute atomic E-state index is 5.30. The first-order valence-corrected chi connectivity index (χ1v) is 20.6. The van der Waals surface area contributed by atoms with Gasteiger partial charge in [-0.3, -0.25) is 9.98 Å². The summed E-state index contributed by atoms with van der Waals surface area (Å²) in [6, 6.07) is 52.3. The Hall–Kier alpha value is -8.03. The summed E-state index contributed by atoms with van der Waals surface area (Å²) in [5.41, 5.74) is 11.4. The minimum absolute atomic E-state index is 0.221. The van der Waals surface area contributed by atoms with Crippen molar-refractivity contribution in [3.8, 4) is 56.7 Å². The standard InChI is InChI=1S/C54H35N7/c1-32-29-31-56-51-37(32)26-23-35-25-28-47(58-50(35)51)43-18-6-16-41-39(43)14-8-20-45(41)54-60-52(36-10-3-2-4-11-36)59-53(61-54)44-19-7-13-38-40(44)15-5-17-42(38)46-27-24-34-22-21-33-12-9-30-55-48(33)49(34)57-46/h2-32,37H,1H3.